The zero-order valence-electron chi connectivity index (χ0n) is 10.7. The summed E-state index contributed by atoms with van der Waals surface area (Å²) in [5.74, 6) is 1.22. The molecule has 0 spiro atoms. The average molecular weight is 222 g/mol. The smallest absolute Gasteiger partial charge is 0.121 e. The van der Waals surface area contributed by atoms with Crippen LogP contribution in [-0.4, -0.2) is 12.2 Å². The third-order valence-electron chi connectivity index (χ3n) is 3.26. The molecule has 0 saturated heterocycles. The Kier molecular flexibility index (Phi) is 4.81. The highest BCUT2D eigenvalue weighted by atomic mass is 16.5. The molecule has 1 aromatic rings. The molecule has 0 bridgehead atoms. The van der Waals surface area contributed by atoms with Crippen LogP contribution in [0.3, 0.4) is 0 Å². The van der Waals surface area contributed by atoms with Crippen LogP contribution < -0.4 is 4.74 Å². The SMILES string of the molecule is CCC(CC)C(O)c1ccc(OC)c(C)c1. The first-order valence-corrected chi connectivity index (χ1v) is 5.96. The second-order valence-electron chi connectivity index (χ2n) is 4.25. The van der Waals surface area contributed by atoms with Gasteiger partial charge in [0.05, 0.1) is 13.2 Å². The molecule has 90 valence electrons. The minimum Gasteiger partial charge on any atom is -0.496 e. The first-order valence-electron chi connectivity index (χ1n) is 5.96. The first-order chi connectivity index (χ1) is 7.63. The maximum Gasteiger partial charge on any atom is 0.121 e. The van der Waals surface area contributed by atoms with Crippen molar-refractivity contribution in [3.63, 3.8) is 0 Å². The van der Waals surface area contributed by atoms with Crippen molar-refractivity contribution in [2.75, 3.05) is 7.11 Å². The highest BCUT2D eigenvalue weighted by Gasteiger charge is 2.17. The van der Waals surface area contributed by atoms with E-state index in [1.165, 1.54) is 0 Å². The summed E-state index contributed by atoms with van der Waals surface area (Å²) in [7, 11) is 1.67. The number of aliphatic hydroxyl groups excluding tert-OH is 1. The van der Waals surface area contributed by atoms with E-state index in [0.29, 0.717) is 5.92 Å². The maximum atomic E-state index is 10.2. The molecule has 0 aliphatic carbocycles. The summed E-state index contributed by atoms with van der Waals surface area (Å²) < 4.78 is 5.21. The van der Waals surface area contributed by atoms with Crippen LogP contribution in [0.2, 0.25) is 0 Å². The predicted molar refractivity (Wildman–Crippen MR) is 66.8 cm³/mol. The summed E-state index contributed by atoms with van der Waals surface area (Å²) in [6.45, 7) is 6.24. The summed E-state index contributed by atoms with van der Waals surface area (Å²) in [5.41, 5.74) is 2.07. The number of rotatable bonds is 5. The summed E-state index contributed by atoms with van der Waals surface area (Å²) in [6, 6.07) is 5.90. The fourth-order valence-electron chi connectivity index (χ4n) is 2.09. The average Bonchev–Trinajstić information content (AvgIpc) is 2.30. The van der Waals surface area contributed by atoms with E-state index in [2.05, 4.69) is 13.8 Å². The molecule has 1 aromatic carbocycles. The summed E-state index contributed by atoms with van der Waals surface area (Å²) in [4.78, 5) is 0. The van der Waals surface area contributed by atoms with Gasteiger partial charge >= 0.3 is 0 Å². The molecule has 2 nitrogen and oxygen atoms in total. The summed E-state index contributed by atoms with van der Waals surface area (Å²) in [6.07, 6.45) is 1.64. The van der Waals surface area contributed by atoms with Crippen LogP contribution in [0.25, 0.3) is 0 Å². The first kappa shape index (κ1) is 13.0. The molecule has 0 aromatic heterocycles. The zero-order valence-corrected chi connectivity index (χ0v) is 10.7. The van der Waals surface area contributed by atoms with E-state index in [0.717, 1.165) is 29.7 Å². The zero-order chi connectivity index (χ0) is 12.1. The lowest BCUT2D eigenvalue weighted by atomic mass is 9.90. The highest BCUT2D eigenvalue weighted by molar-refractivity contribution is 5.37. The number of ether oxygens (including phenoxy) is 1. The van der Waals surface area contributed by atoms with Crippen LogP contribution in [0.15, 0.2) is 18.2 Å². The Labute approximate surface area is 98.3 Å². The molecule has 1 N–H and O–H groups in total. The molecule has 0 aliphatic heterocycles. The lowest BCUT2D eigenvalue weighted by Gasteiger charge is -2.21. The standard InChI is InChI=1S/C14H22O2/c1-5-11(6-2)14(15)12-7-8-13(16-4)10(3)9-12/h7-9,11,14-15H,5-6H2,1-4H3. The largest absolute Gasteiger partial charge is 0.496 e. The van der Waals surface area contributed by atoms with E-state index in [1.807, 2.05) is 25.1 Å². The van der Waals surface area contributed by atoms with Gasteiger partial charge in [-0.25, -0.2) is 0 Å². The van der Waals surface area contributed by atoms with Crippen LogP contribution in [0.5, 0.6) is 5.75 Å². The molecule has 1 rings (SSSR count). The van der Waals surface area contributed by atoms with E-state index in [4.69, 9.17) is 4.74 Å². The van der Waals surface area contributed by atoms with Crippen LogP contribution in [0, 0.1) is 12.8 Å². The van der Waals surface area contributed by atoms with Crippen molar-refractivity contribution in [2.24, 2.45) is 5.92 Å². The van der Waals surface area contributed by atoms with E-state index in [9.17, 15) is 5.11 Å². The van der Waals surface area contributed by atoms with Crippen LogP contribution in [0.1, 0.15) is 43.9 Å². The van der Waals surface area contributed by atoms with Gasteiger partial charge in [0, 0.05) is 0 Å². The number of hydrogen-bond acceptors (Lipinski definition) is 2. The second kappa shape index (κ2) is 5.90. The van der Waals surface area contributed by atoms with Gasteiger partial charge in [-0.15, -0.1) is 0 Å². The van der Waals surface area contributed by atoms with E-state index < -0.39 is 0 Å². The van der Waals surface area contributed by atoms with Crippen molar-refractivity contribution in [3.8, 4) is 5.75 Å². The molecule has 0 fully saturated rings. The second-order valence-corrected chi connectivity index (χ2v) is 4.25. The van der Waals surface area contributed by atoms with Crippen LogP contribution in [-0.2, 0) is 0 Å². The van der Waals surface area contributed by atoms with E-state index in [-0.39, 0.29) is 6.10 Å². The fourth-order valence-corrected chi connectivity index (χ4v) is 2.09. The monoisotopic (exact) mass is 222 g/mol. The molecule has 0 aliphatic rings. The Bertz CT molecular complexity index is 330. The molecular weight excluding hydrogens is 200 g/mol. The lowest BCUT2D eigenvalue weighted by Crippen LogP contribution is -2.11. The molecule has 0 radical (unpaired) electrons. The Morgan fingerprint density at radius 2 is 1.88 bits per heavy atom. The number of benzene rings is 1. The highest BCUT2D eigenvalue weighted by Crippen LogP contribution is 2.29. The number of hydrogen-bond donors (Lipinski definition) is 1. The van der Waals surface area contributed by atoms with Crippen molar-refractivity contribution < 1.29 is 9.84 Å². The molecule has 0 saturated carbocycles. The lowest BCUT2D eigenvalue weighted by molar-refractivity contribution is 0.103. The van der Waals surface area contributed by atoms with Gasteiger partial charge in [0.15, 0.2) is 0 Å². The number of methoxy groups -OCH3 is 1. The Balaban J connectivity index is 2.91. The quantitative estimate of drug-likeness (QED) is 0.826. The van der Waals surface area contributed by atoms with Crippen molar-refractivity contribution in [1.29, 1.82) is 0 Å². The van der Waals surface area contributed by atoms with E-state index in [1.54, 1.807) is 7.11 Å². The van der Waals surface area contributed by atoms with Gasteiger partial charge in [-0.05, 0) is 36.1 Å². The maximum absolute atomic E-state index is 10.2. The molecule has 1 atom stereocenters. The molecular formula is C14H22O2. The minimum absolute atomic E-state index is 0.341. The fraction of sp³-hybridized carbons (Fsp3) is 0.571. The number of aryl methyl sites for hydroxylation is 1. The molecule has 1 unspecified atom stereocenters. The Hall–Kier alpha value is -1.02. The van der Waals surface area contributed by atoms with Crippen molar-refractivity contribution in [2.45, 2.75) is 39.7 Å². The van der Waals surface area contributed by atoms with Crippen molar-refractivity contribution in [3.05, 3.63) is 29.3 Å². The van der Waals surface area contributed by atoms with Gasteiger partial charge in [-0.1, -0.05) is 32.8 Å². The van der Waals surface area contributed by atoms with Crippen molar-refractivity contribution in [1.82, 2.24) is 0 Å². The molecule has 2 heteroatoms. The van der Waals surface area contributed by atoms with Crippen LogP contribution in [0.4, 0.5) is 0 Å². The van der Waals surface area contributed by atoms with Crippen LogP contribution >= 0.6 is 0 Å². The molecule has 0 amide bonds. The van der Waals surface area contributed by atoms with Gasteiger partial charge in [0.2, 0.25) is 0 Å². The van der Waals surface area contributed by atoms with Gasteiger partial charge < -0.3 is 9.84 Å². The predicted octanol–water partition coefficient (Wildman–Crippen LogP) is 3.47. The van der Waals surface area contributed by atoms with Crippen molar-refractivity contribution >= 4 is 0 Å². The molecule has 0 heterocycles. The van der Waals surface area contributed by atoms with E-state index >= 15 is 0 Å². The summed E-state index contributed by atoms with van der Waals surface area (Å²) >= 11 is 0. The molecule has 16 heavy (non-hydrogen) atoms. The van der Waals surface area contributed by atoms with Gasteiger partial charge in [0.25, 0.3) is 0 Å². The third kappa shape index (κ3) is 2.76. The normalized spacial score (nSPS) is 12.9. The topological polar surface area (TPSA) is 29.5 Å². The number of aliphatic hydroxyl groups is 1. The van der Waals surface area contributed by atoms with Gasteiger partial charge in [-0.3, -0.25) is 0 Å². The van der Waals surface area contributed by atoms with Gasteiger partial charge in [-0.2, -0.15) is 0 Å². The Morgan fingerprint density at radius 1 is 1.25 bits per heavy atom. The third-order valence-corrected chi connectivity index (χ3v) is 3.26. The minimum atomic E-state index is -0.361. The summed E-state index contributed by atoms with van der Waals surface area (Å²) in [5, 5.41) is 10.2. The van der Waals surface area contributed by atoms with Gasteiger partial charge in [0.1, 0.15) is 5.75 Å². The Morgan fingerprint density at radius 3 is 2.31 bits per heavy atom.